The Balaban J connectivity index is 0.00000161. The van der Waals surface area contributed by atoms with Crippen molar-refractivity contribution in [3.63, 3.8) is 0 Å². The highest BCUT2D eigenvalue weighted by molar-refractivity contribution is 5.97. The van der Waals surface area contributed by atoms with Crippen molar-refractivity contribution < 1.29 is 9.72 Å². The van der Waals surface area contributed by atoms with E-state index in [4.69, 9.17) is 0 Å². The van der Waals surface area contributed by atoms with E-state index < -0.39 is 0 Å². The molecule has 1 saturated heterocycles. The minimum atomic E-state index is -0.369. The number of carbonyl (C=O) groups excluding carboxylic acids is 1. The van der Waals surface area contributed by atoms with Crippen LogP contribution in [0.1, 0.15) is 12.5 Å². The number of nitrogens with zero attached hydrogens (tertiary/aromatic N) is 2. The Morgan fingerprint density at radius 1 is 1.48 bits per heavy atom. The third kappa shape index (κ3) is 2.61. The topological polar surface area (TPSA) is 75.5 Å². The molecule has 1 atom stereocenters. The summed E-state index contributed by atoms with van der Waals surface area (Å²) in [6.45, 7) is 4.25. The van der Waals surface area contributed by atoms with Gasteiger partial charge in [-0.25, -0.2) is 0 Å². The van der Waals surface area contributed by atoms with Gasteiger partial charge in [0.15, 0.2) is 0 Å². The first-order chi connectivity index (χ1) is 9.59. The van der Waals surface area contributed by atoms with E-state index in [9.17, 15) is 14.9 Å². The van der Waals surface area contributed by atoms with Crippen LogP contribution < -0.4 is 10.2 Å². The molecule has 0 aliphatic carbocycles. The van der Waals surface area contributed by atoms with Crippen LogP contribution in [0, 0.1) is 22.0 Å². The maximum atomic E-state index is 12.6. The van der Waals surface area contributed by atoms with Crippen LogP contribution in [0.25, 0.3) is 0 Å². The Hall–Kier alpha value is -1.66. The monoisotopic (exact) mass is 311 g/mol. The van der Waals surface area contributed by atoms with E-state index in [1.807, 2.05) is 6.92 Å². The average molecular weight is 312 g/mol. The molecular weight excluding hydrogens is 294 g/mol. The predicted octanol–water partition coefficient (Wildman–Crippen LogP) is 1.76. The molecule has 1 N–H and O–H groups in total. The Morgan fingerprint density at radius 2 is 2.19 bits per heavy atom. The van der Waals surface area contributed by atoms with Gasteiger partial charge in [0, 0.05) is 18.5 Å². The molecule has 1 amide bonds. The summed E-state index contributed by atoms with van der Waals surface area (Å²) in [4.78, 5) is 24.9. The van der Waals surface area contributed by atoms with Gasteiger partial charge in [-0.05, 0) is 31.5 Å². The van der Waals surface area contributed by atoms with Crippen molar-refractivity contribution in [3.8, 4) is 0 Å². The van der Waals surface area contributed by atoms with E-state index in [2.05, 4.69) is 5.32 Å². The zero-order valence-electron chi connectivity index (χ0n) is 11.7. The molecule has 1 aromatic rings. The lowest BCUT2D eigenvalue weighted by atomic mass is 9.88. The highest BCUT2D eigenvalue weighted by atomic mass is 35.5. The lowest BCUT2D eigenvalue weighted by Crippen LogP contribution is -2.50. The van der Waals surface area contributed by atoms with Crippen molar-refractivity contribution in [1.82, 2.24) is 5.32 Å². The molecule has 1 fully saturated rings. The van der Waals surface area contributed by atoms with Crippen molar-refractivity contribution in [3.05, 3.63) is 33.9 Å². The van der Waals surface area contributed by atoms with Gasteiger partial charge in [0.05, 0.1) is 16.2 Å². The van der Waals surface area contributed by atoms with Gasteiger partial charge in [-0.1, -0.05) is 13.0 Å². The van der Waals surface area contributed by atoms with E-state index in [0.29, 0.717) is 30.1 Å². The van der Waals surface area contributed by atoms with Crippen LogP contribution in [0.4, 0.5) is 11.4 Å². The Morgan fingerprint density at radius 3 is 2.76 bits per heavy atom. The van der Waals surface area contributed by atoms with Crippen LogP contribution in [0.15, 0.2) is 18.2 Å². The van der Waals surface area contributed by atoms with E-state index in [1.54, 1.807) is 17.0 Å². The molecule has 0 spiro atoms. The number of fused-ring (bicyclic) bond motifs is 1. The number of halogens is 1. The van der Waals surface area contributed by atoms with Gasteiger partial charge in [-0.2, -0.15) is 0 Å². The first-order valence-electron chi connectivity index (χ1n) is 6.88. The van der Waals surface area contributed by atoms with E-state index in [0.717, 1.165) is 13.1 Å². The van der Waals surface area contributed by atoms with Gasteiger partial charge < -0.3 is 10.2 Å². The minimum absolute atomic E-state index is 0. The smallest absolute Gasteiger partial charge is 0.274 e. The van der Waals surface area contributed by atoms with Gasteiger partial charge in [0.1, 0.15) is 0 Å². The van der Waals surface area contributed by atoms with Crippen LogP contribution in [0.3, 0.4) is 0 Å². The summed E-state index contributed by atoms with van der Waals surface area (Å²) in [7, 11) is 0. The predicted molar refractivity (Wildman–Crippen MR) is 81.9 cm³/mol. The molecule has 21 heavy (non-hydrogen) atoms. The van der Waals surface area contributed by atoms with E-state index >= 15 is 0 Å². The fraction of sp³-hybridized carbons (Fsp3) is 0.500. The summed E-state index contributed by atoms with van der Waals surface area (Å²) in [6.07, 6.45) is 0.563. The zero-order valence-corrected chi connectivity index (χ0v) is 12.6. The molecule has 6 nitrogen and oxygen atoms in total. The molecule has 0 saturated carbocycles. The molecule has 0 bridgehead atoms. The van der Waals surface area contributed by atoms with Gasteiger partial charge in [0.25, 0.3) is 5.69 Å². The number of nitro benzene ring substituents is 1. The maximum Gasteiger partial charge on any atom is 0.274 e. The molecule has 1 aromatic carbocycles. The molecule has 3 rings (SSSR count). The molecule has 0 aromatic heterocycles. The summed E-state index contributed by atoms with van der Waals surface area (Å²) in [5, 5.41) is 14.2. The van der Waals surface area contributed by atoms with Gasteiger partial charge in [-0.15, -0.1) is 12.4 Å². The molecule has 7 heteroatoms. The normalized spacial score (nSPS) is 18.4. The highest BCUT2D eigenvalue weighted by Crippen LogP contribution is 2.36. The van der Waals surface area contributed by atoms with E-state index in [-0.39, 0.29) is 34.8 Å². The van der Waals surface area contributed by atoms with Crippen molar-refractivity contribution in [2.45, 2.75) is 13.3 Å². The van der Waals surface area contributed by atoms with Crippen LogP contribution in [-0.2, 0) is 11.2 Å². The number of amides is 1. The molecule has 2 aliphatic heterocycles. The number of rotatable bonds is 3. The summed E-state index contributed by atoms with van der Waals surface area (Å²) in [5.74, 6) is 0.419. The van der Waals surface area contributed by atoms with Gasteiger partial charge in [-0.3, -0.25) is 14.9 Å². The van der Waals surface area contributed by atoms with Crippen molar-refractivity contribution in [1.29, 1.82) is 0 Å². The number of hydrogen-bond acceptors (Lipinski definition) is 4. The highest BCUT2D eigenvalue weighted by Gasteiger charge is 2.36. The lowest BCUT2D eigenvalue weighted by Gasteiger charge is -2.34. The van der Waals surface area contributed by atoms with Crippen molar-refractivity contribution >= 4 is 29.7 Å². The number of hydrogen-bond donors (Lipinski definition) is 1. The maximum absolute atomic E-state index is 12.6. The van der Waals surface area contributed by atoms with Crippen molar-refractivity contribution in [2.75, 3.05) is 24.5 Å². The lowest BCUT2D eigenvalue weighted by molar-refractivity contribution is -0.385. The number of carbonyl (C=O) groups is 1. The number of nitrogens with one attached hydrogen (secondary N) is 1. The average Bonchev–Trinajstić information content (AvgIpc) is 2.78. The second-order valence-electron chi connectivity index (χ2n) is 5.48. The van der Waals surface area contributed by atoms with Crippen LogP contribution in [-0.4, -0.2) is 30.5 Å². The van der Waals surface area contributed by atoms with E-state index in [1.165, 1.54) is 6.07 Å². The Labute approximate surface area is 129 Å². The number of benzene rings is 1. The summed E-state index contributed by atoms with van der Waals surface area (Å²) in [6, 6.07) is 4.96. The third-order valence-electron chi connectivity index (χ3n) is 4.38. The zero-order chi connectivity index (χ0) is 14.3. The summed E-state index contributed by atoms with van der Waals surface area (Å²) in [5.41, 5.74) is 1.52. The third-order valence-corrected chi connectivity index (χ3v) is 4.38. The second kappa shape index (κ2) is 5.99. The molecule has 0 radical (unpaired) electrons. The molecule has 2 heterocycles. The number of anilines is 1. The second-order valence-corrected chi connectivity index (χ2v) is 5.48. The fourth-order valence-electron chi connectivity index (χ4n) is 2.93. The first-order valence-corrected chi connectivity index (χ1v) is 6.88. The van der Waals surface area contributed by atoms with Crippen molar-refractivity contribution in [2.24, 2.45) is 11.8 Å². The quantitative estimate of drug-likeness (QED) is 0.682. The van der Waals surface area contributed by atoms with Crippen LogP contribution >= 0.6 is 12.4 Å². The van der Waals surface area contributed by atoms with Gasteiger partial charge in [0.2, 0.25) is 5.91 Å². The summed E-state index contributed by atoms with van der Waals surface area (Å²) >= 11 is 0. The minimum Gasteiger partial charge on any atom is -0.316 e. The summed E-state index contributed by atoms with van der Waals surface area (Å²) < 4.78 is 0. The largest absolute Gasteiger partial charge is 0.316 e. The van der Waals surface area contributed by atoms with Crippen LogP contribution in [0.5, 0.6) is 0 Å². The van der Waals surface area contributed by atoms with Gasteiger partial charge >= 0.3 is 0 Å². The Kier molecular flexibility index (Phi) is 4.49. The molecule has 1 unspecified atom stereocenters. The number of nitro groups is 1. The fourth-order valence-corrected chi connectivity index (χ4v) is 2.93. The molecule has 2 aliphatic rings. The molecular formula is C14H18ClN3O3. The van der Waals surface area contributed by atoms with Crippen LogP contribution in [0.2, 0.25) is 0 Å². The Bertz CT molecular complexity index is 575. The molecule has 114 valence electrons. The first kappa shape index (κ1) is 15.7. The SMILES string of the molecule is CC(C(=O)N1CCc2c1cccc2[N+](=O)[O-])C1CNC1.Cl. The standard InChI is InChI=1S/C14H17N3O3.ClH/c1-9(10-7-15-8-10)14(18)16-6-5-11-12(16)3-2-4-13(11)17(19)20;/h2-4,9-10,15H,5-8H2,1H3;1H.